The number of rotatable bonds is 6. The van der Waals surface area contributed by atoms with Gasteiger partial charge in [-0.3, -0.25) is 4.79 Å². The molecule has 2 atom stereocenters. The highest BCUT2D eigenvalue weighted by molar-refractivity contribution is 5.72. The van der Waals surface area contributed by atoms with E-state index in [1.54, 1.807) is 0 Å². The summed E-state index contributed by atoms with van der Waals surface area (Å²) < 4.78 is 0. The number of aliphatic hydroxyl groups is 1. The zero-order valence-electron chi connectivity index (χ0n) is 6.94. The normalized spacial score (nSPS) is 15.6. The molecule has 72 valence electrons. The summed E-state index contributed by atoms with van der Waals surface area (Å²) in [6.07, 6.45) is 1.65. The van der Waals surface area contributed by atoms with Gasteiger partial charge in [-0.2, -0.15) is 0 Å². The van der Waals surface area contributed by atoms with E-state index in [1.807, 2.05) is 0 Å². The minimum absolute atomic E-state index is 0.0672. The molecule has 0 saturated carbocycles. The summed E-state index contributed by atoms with van der Waals surface area (Å²) in [6.45, 7) is -0.0672. The summed E-state index contributed by atoms with van der Waals surface area (Å²) in [4.78, 5) is 10.2. The first-order valence-corrected chi connectivity index (χ1v) is 3.92. The van der Waals surface area contributed by atoms with Crippen molar-refractivity contribution in [2.45, 2.75) is 31.3 Å². The van der Waals surface area contributed by atoms with Gasteiger partial charge in [-0.25, -0.2) is 0 Å². The fourth-order valence-corrected chi connectivity index (χ4v) is 0.815. The van der Waals surface area contributed by atoms with Gasteiger partial charge in [0.25, 0.3) is 0 Å². The molecule has 0 aromatic rings. The average molecular weight is 176 g/mol. The second kappa shape index (κ2) is 5.93. The Hall–Kier alpha value is -0.650. The molecule has 0 aromatic carbocycles. The number of aliphatic carboxylic acids is 1. The third-order valence-electron chi connectivity index (χ3n) is 1.64. The Morgan fingerprint density at radius 1 is 1.33 bits per heavy atom. The maximum Gasteiger partial charge on any atom is 0.320 e. The molecule has 5 nitrogen and oxygen atoms in total. The van der Waals surface area contributed by atoms with Gasteiger partial charge in [0.1, 0.15) is 6.04 Å². The molecular formula is C7H16N2O3. The van der Waals surface area contributed by atoms with Gasteiger partial charge >= 0.3 is 5.97 Å². The van der Waals surface area contributed by atoms with Gasteiger partial charge in [0.15, 0.2) is 0 Å². The minimum Gasteiger partial charge on any atom is -0.480 e. The minimum atomic E-state index is -0.993. The number of carboxylic acids is 1. The van der Waals surface area contributed by atoms with E-state index in [0.717, 1.165) is 0 Å². The highest BCUT2D eigenvalue weighted by Gasteiger charge is 2.11. The molecule has 0 bridgehead atoms. The number of aliphatic hydroxyl groups excluding tert-OH is 1. The zero-order valence-corrected chi connectivity index (χ0v) is 6.94. The van der Waals surface area contributed by atoms with Crippen LogP contribution < -0.4 is 11.5 Å². The van der Waals surface area contributed by atoms with Crippen LogP contribution in [0.3, 0.4) is 0 Å². The molecule has 0 amide bonds. The lowest BCUT2D eigenvalue weighted by Gasteiger charge is -2.09. The van der Waals surface area contributed by atoms with E-state index in [4.69, 9.17) is 21.7 Å². The zero-order chi connectivity index (χ0) is 9.56. The summed E-state index contributed by atoms with van der Waals surface area (Å²) in [6, 6.07) is -1.07. The average Bonchev–Trinajstić information content (AvgIpc) is 2.03. The summed E-state index contributed by atoms with van der Waals surface area (Å²) in [7, 11) is 0. The first-order valence-electron chi connectivity index (χ1n) is 3.92. The lowest BCUT2D eigenvalue weighted by Crippen LogP contribution is -2.31. The van der Waals surface area contributed by atoms with Crippen LogP contribution in [0.1, 0.15) is 19.3 Å². The summed E-state index contributed by atoms with van der Waals surface area (Å²) >= 11 is 0. The quantitative estimate of drug-likeness (QED) is 0.410. The van der Waals surface area contributed by atoms with E-state index in [9.17, 15) is 4.79 Å². The summed E-state index contributed by atoms with van der Waals surface area (Å²) in [5.41, 5.74) is 10.6. The van der Waals surface area contributed by atoms with E-state index in [-0.39, 0.29) is 12.6 Å². The van der Waals surface area contributed by atoms with Crippen LogP contribution in [0.4, 0.5) is 0 Å². The molecule has 12 heavy (non-hydrogen) atoms. The fraction of sp³-hybridized carbons (Fsp3) is 0.857. The van der Waals surface area contributed by atoms with Crippen molar-refractivity contribution in [2.24, 2.45) is 11.5 Å². The first-order chi connectivity index (χ1) is 5.57. The Morgan fingerprint density at radius 3 is 2.33 bits per heavy atom. The molecular weight excluding hydrogens is 160 g/mol. The van der Waals surface area contributed by atoms with Gasteiger partial charge < -0.3 is 21.7 Å². The Balaban J connectivity index is 3.37. The Morgan fingerprint density at radius 2 is 1.92 bits per heavy atom. The van der Waals surface area contributed by atoms with Crippen LogP contribution in [0.25, 0.3) is 0 Å². The first kappa shape index (κ1) is 11.4. The third-order valence-corrected chi connectivity index (χ3v) is 1.64. The third kappa shape index (κ3) is 5.06. The molecule has 0 aliphatic carbocycles. The molecule has 0 rings (SSSR count). The lowest BCUT2D eigenvalue weighted by atomic mass is 10.1. The number of nitrogens with two attached hydrogens (primary N) is 2. The van der Waals surface area contributed by atoms with E-state index >= 15 is 0 Å². The highest BCUT2D eigenvalue weighted by Crippen LogP contribution is 2.01. The van der Waals surface area contributed by atoms with Gasteiger partial charge in [-0.1, -0.05) is 0 Å². The van der Waals surface area contributed by atoms with Crippen LogP contribution in [0.15, 0.2) is 0 Å². The van der Waals surface area contributed by atoms with Crippen LogP contribution in [0, 0.1) is 0 Å². The molecule has 0 spiro atoms. The van der Waals surface area contributed by atoms with E-state index in [2.05, 4.69) is 0 Å². The number of hydrogen-bond acceptors (Lipinski definition) is 4. The summed E-state index contributed by atoms with van der Waals surface area (Å²) in [5.74, 6) is -0.993. The smallest absolute Gasteiger partial charge is 0.320 e. The van der Waals surface area contributed by atoms with Gasteiger partial charge in [0.05, 0.1) is 6.61 Å². The molecule has 0 heterocycles. The van der Waals surface area contributed by atoms with Crippen molar-refractivity contribution in [3.05, 3.63) is 0 Å². The standard InChI is InChI=1S/C7H16N2O3/c8-5(4-10)2-1-3-6(9)7(11)12/h5-6,10H,1-4,8-9H2,(H,11,12). The van der Waals surface area contributed by atoms with Gasteiger partial charge in [0, 0.05) is 6.04 Å². The van der Waals surface area contributed by atoms with Crippen LogP contribution >= 0.6 is 0 Å². The van der Waals surface area contributed by atoms with Crippen LogP contribution in [-0.4, -0.2) is 34.9 Å². The maximum absolute atomic E-state index is 10.2. The number of carbonyl (C=O) groups is 1. The van der Waals surface area contributed by atoms with Crippen molar-refractivity contribution in [3.63, 3.8) is 0 Å². The molecule has 5 heteroatoms. The Bertz CT molecular complexity index is 141. The molecule has 6 N–H and O–H groups in total. The van der Waals surface area contributed by atoms with Crippen molar-refractivity contribution in [1.82, 2.24) is 0 Å². The Kier molecular flexibility index (Phi) is 5.61. The van der Waals surface area contributed by atoms with Gasteiger partial charge in [-0.05, 0) is 19.3 Å². The maximum atomic E-state index is 10.2. The van der Waals surface area contributed by atoms with Gasteiger partial charge in [0.2, 0.25) is 0 Å². The number of carboxylic acid groups (broad SMARTS) is 1. The SMILES string of the molecule is NC(CO)CCCC(N)C(=O)O. The fourth-order valence-electron chi connectivity index (χ4n) is 0.815. The monoisotopic (exact) mass is 176 g/mol. The topological polar surface area (TPSA) is 110 Å². The molecule has 0 aliphatic heterocycles. The molecule has 0 aliphatic rings. The molecule has 2 unspecified atom stereocenters. The predicted octanol–water partition coefficient (Wildman–Crippen LogP) is -1.11. The predicted molar refractivity (Wildman–Crippen MR) is 44.5 cm³/mol. The van der Waals surface area contributed by atoms with E-state index in [0.29, 0.717) is 19.3 Å². The van der Waals surface area contributed by atoms with Crippen molar-refractivity contribution >= 4 is 5.97 Å². The lowest BCUT2D eigenvalue weighted by molar-refractivity contribution is -0.138. The van der Waals surface area contributed by atoms with Crippen molar-refractivity contribution in [3.8, 4) is 0 Å². The molecule has 0 aromatic heterocycles. The number of hydrogen-bond donors (Lipinski definition) is 4. The highest BCUT2D eigenvalue weighted by atomic mass is 16.4. The van der Waals surface area contributed by atoms with E-state index < -0.39 is 12.0 Å². The van der Waals surface area contributed by atoms with Gasteiger partial charge in [-0.15, -0.1) is 0 Å². The molecule has 0 saturated heterocycles. The van der Waals surface area contributed by atoms with Crippen LogP contribution in [-0.2, 0) is 4.79 Å². The van der Waals surface area contributed by atoms with Crippen LogP contribution in [0.5, 0.6) is 0 Å². The Labute approximate surface area is 71.4 Å². The van der Waals surface area contributed by atoms with Crippen molar-refractivity contribution in [1.29, 1.82) is 0 Å². The van der Waals surface area contributed by atoms with Crippen LogP contribution in [0.2, 0.25) is 0 Å². The second-order valence-corrected chi connectivity index (χ2v) is 2.82. The van der Waals surface area contributed by atoms with Crippen molar-refractivity contribution < 1.29 is 15.0 Å². The summed E-state index contributed by atoms with van der Waals surface area (Å²) in [5, 5.41) is 16.9. The molecule has 0 fully saturated rings. The largest absolute Gasteiger partial charge is 0.480 e. The molecule has 0 radical (unpaired) electrons. The second-order valence-electron chi connectivity index (χ2n) is 2.82. The van der Waals surface area contributed by atoms with Crippen molar-refractivity contribution in [2.75, 3.05) is 6.61 Å². The van der Waals surface area contributed by atoms with E-state index in [1.165, 1.54) is 0 Å².